The molecule has 2 N–H and O–H groups in total. The van der Waals surface area contributed by atoms with Gasteiger partial charge in [0.25, 0.3) is 0 Å². The van der Waals surface area contributed by atoms with Crippen LogP contribution in [-0.2, 0) is 6.54 Å². The fraction of sp³-hybridized carbons (Fsp3) is 0.150. The van der Waals surface area contributed by atoms with Crippen LogP contribution in [0.3, 0.4) is 0 Å². The van der Waals surface area contributed by atoms with Crippen molar-refractivity contribution in [3.63, 3.8) is 0 Å². The van der Waals surface area contributed by atoms with E-state index in [1.807, 2.05) is 0 Å². The molecule has 0 spiro atoms. The number of fused-ring (bicyclic) bond motifs is 1. The van der Waals surface area contributed by atoms with E-state index in [0.717, 1.165) is 0 Å². The van der Waals surface area contributed by atoms with Gasteiger partial charge < -0.3 is 19.9 Å². The highest BCUT2D eigenvalue weighted by Crippen LogP contribution is 2.28. The van der Waals surface area contributed by atoms with Crippen molar-refractivity contribution < 1.29 is 23.8 Å². The Labute approximate surface area is 175 Å². The minimum absolute atomic E-state index is 0.0139. The molecule has 0 amide bonds. The molecule has 4 aromatic rings. The van der Waals surface area contributed by atoms with Crippen LogP contribution in [0, 0.1) is 5.82 Å². The lowest BCUT2D eigenvalue weighted by molar-refractivity contribution is 0.0699. The predicted octanol–water partition coefficient (Wildman–Crippen LogP) is 2.68. The summed E-state index contributed by atoms with van der Waals surface area (Å²) in [6.45, 7) is 0.259. The zero-order valence-corrected chi connectivity index (χ0v) is 16.5. The summed E-state index contributed by atoms with van der Waals surface area (Å²) in [5, 5.41) is 12.5. The number of hydrogen-bond donors (Lipinski definition) is 2. The Bertz CT molecular complexity index is 1280. The van der Waals surface area contributed by atoms with Gasteiger partial charge in [-0.1, -0.05) is 18.2 Å². The largest absolute Gasteiger partial charge is 0.478 e. The fourth-order valence-corrected chi connectivity index (χ4v) is 3.02. The van der Waals surface area contributed by atoms with E-state index in [1.165, 1.54) is 37.0 Å². The molecule has 2 aromatic carbocycles. The van der Waals surface area contributed by atoms with Crippen LogP contribution in [-0.4, -0.2) is 49.8 Å². The van der Waals surface area contributed by atoms with Crippen molar-refractivity contribution in [2.45, 2.75) is 6.54 Å². The van der Waals surface area contributed by atoms with Gasteiger partial charge in [-0.3, -0.25) is 0 Å². The second kappa shape index (κ2) is 8.22. The lowest BCUT2D eigenvalue weighted by atomic mass is 10.2. The zero-order chi connectivity index (χ0) is 22.0. The molecule has 0 fully saturated rings. The third-order valence-electron chi connectivity index (χ3n) is 4.39. The topological polar surface area (TPSA) is 124 Å². The van der Waals surface area contributed by atoms with Gasteiger partial charge in [0.1, 0.15) is 11.3 Å². The monoisotopic (exact) mass is 424 g/mol. The van der Waals surface area contributed by atoms with Crippen molar-refractivity contribution in [2.24, 2.45) is 0 Å². The highest BCUT2D eigenvalue weighted by molar-refractivity contribution is 6.01. The molecule has 0 saturated carbocycles. The molecule has 158 valence electrons. The number of rotatable bonds is 7. The van der Waals surface area contributed by atoms with Gasteiger partial charge in [-0.25, -0.2) is 13.8 Å². The quantitative estimate of drug-likeness (QED) is 0.461. The van der Waals surface area contributed by atoms with Crippen LogP contribution in [0.4, 0.5) is 10.3 Å². The van der Waals surface area contributed by atoms with Gasteiger partial charge >= 0.3 is 18.0 Å². The van der Waals surface area contributed by atoms with Gasteiger partial charge in [0.2, 0.25) is 11.9 Å². The first-order valence-electron chi connectivity index (χ1n) is 9.07. The number of aromatic carboxylic acids is 1. The molecule has 0 radical (unpaired) electrons. The molecule has 0 saturated heterocycles. The number of carboxylic acid groups (broad SMARTS) is 1. The molecule has 0 unspecified atom stereocenters. The second-order valence-electron chi connectivity index (χ2n) is 6.34. The molecule has 0 aliphatic carbocycles. The summed E-state index contributed by atoms with van der Waals surface area (Å²) in [6.07, 6.45) is 0. The minimum Gasteiger partial charge on any atom is -0.478 e. The molecule has 4 rings (SSSR count). The van der Waals surface area contributed by atoms with Crippen molar-refractivity contribution in [3.05, 3.63) is 59.4 Å². The number of methoxy groups -OCH3 is 2. The molecule has 2 aromatic heterocycles. The number of ether oxygens (including phenoxy) is 2. The van der Waals surface area contributed by atoms with E-state index in [-0.39, 0.29) is 47.4 Å². The standard InChI is InChI=1S/C20H17FN6O4/c1-30-19-25-17(22-10-11-5-3-6-12(21)9-11)24-18(26-19)27-14-8-4-7-13(16(28)29)15(14)23-20(27)31-2/h3-9H,10H2,1-2H3,(H,28,29)(H,22,24,25,26). The molecule has 0 aliphatic heterocycles. The summed E-state index contributed by atoms with van der Waals surface area (Å²) in [7, 11) is 2.81. The number of imidazole rings is 1. The van der Waals surface area contributed by atoms with E-state index >= 15 is 0 Å². The zero-order valence-electron chi connectivity index (χ0n) is 16.5. The molecular weight excluding hydrogens is 407 g/mol. The third kappa shape index (κ3) is 3.92. The van der Waals surface area contributed by atoms with E-state index in [9.17, 15) is 14.3 Å². The Morgan fingerprint density at radius 2 is 1.90 bits per heavy atom. The summed E-state index contributed by atoms with van der Waals surface area (Å²) in [5.41, 5.74) is 1.36. The van der Waals surface area contributed by atoms with E-state index in [2.05, 4.69) is 25.3 Å². The van der Waals surface area contributed by atoms with Crippen molar-refractivity contribution in [2.75, 3.05) is 19.5 Å². The van der Waals surface area contributed by atoms with Gasteiger partial charge in [0.05, 0.1) is 25.3 Å². The summed E-state index contributed by atoms with van der Waals surface area (Å²) < 4.78 is 25.4. The Morgan fingerprint density at radius 1 is 1.10 bits per heavy atom. The van der Waals surface area contributed by atoms with Crippen molar-refractivity contribution in [1.29, 1.82) is 0 Å². The van der Waals surface area contributed by atoms with Crippen LogP contribution >= 0.6 is 0 Å². The third-order valence-corrected chi connectivity index (χ3v) is 4.39. The maximum Gasteiger partial charge on any atom is 0.337 e. The Kier molecular flexibility index (Phi) is 5.31. The summed E-state index contributed by atoms with van der Waals surface area (Å²) in [6, 6.07) is 10.9. The fourth-order valence-electron chi connectivity index (χ4n) is 3.02. The van der Waals surface area contributed by atoms with E-state index in [0.29, 0.717) is 11.1 Å². The maximum atomic E-state index is 13.4. The normalized spacial score (nSPS) is 10.8. The van der Waals surface area contributed by atoms with Crippen LogP contribution in [0.5, 0.6) is 12.0 Å². The van der Waals surface area contributed by atoms with Crippen molar-refractivity contribution >= 4 is 23.0 Å². The predicted molar refractivity (Wildman–Crippen MR) is 108 cm³/mol. The van der Waals surface area contributed by atoms with Crippen LogP contribution in [0.1, 0.15) is 15.9 Å². The molecule has 2 heterocycles. The van der Waals surface area contributed by atoms with E-state index in [1.54, 1.807) is 24.3 Å². The number of nitrogens with zero attached hydrogens (tertiary/aromatic N) is 5. The molecule has 0 aliphatic rings. The summed E-state index contributed by atoms with van der Waals surface area (Å²) >= 11 is 0. The van der Waals surface area contributed by atoms with Crippen LogP contribution < -0.4 is 14.8 Å². The van der Waals surface area contributed by atoms with E-state index < -0.39 is 5.97 Å². The summed E-state index contributed by atoms with van der Waals surface area (Å²) in [4.78, 5) is 28.6. The number of nitrogens with one attached hydrogen (secondary N) is 1. The molecule has 0 atom stereocenters. The average molecular weight is 424 g/mol. The van der Waals surface area contributed by atoms with Crippen LogP contribution in [0.15, 0.2) is 42.5 Å². The first-order valence-corrected chi connectivity index (χ1v) is 9.07. The van der Waals surface area contributed by atoms with E-state index in [4.69, 9.17) is 9.47 Å². The maximum absolute atomic E-state index is 13.4. The first kappa shape index (κ1) is 20.0. The number of aromatic nitrogens is 5. The van der Waals surface area contributed by atoms with Gasteiger partial charge in [-0.15, -0.1) is 0 Å². The number of para-hydroxylation sites is 1. The molecule has 10 nitrogen and oxygen atoms in total. The second-order valence-corrected chi connectivity index (χ2v) is 6.34. The number of carbonyl (C=O) groups is 1. The first-order chi connectivity index (χ1) is 15.0. The van der Waals surface area contributed by atoms with Crippen molar-refractivity contribution in [3.8, 4) is 18.0 Å². The average Bonchev–Trinajstić information content (AvgIpc) is 3.16. The Balaban J connectivity index is 1.79. The number of benzene rings is 2. The molecule has 11 heteroatoms. The Morgan fingerprint density at radius 3 is 2.61 bits per heavy atom. The lowest BCUT2D eigenvalue weighted by Gasteiger charge is -2.10. The number of anilines is 1. The lowest BCUT2D eigenvalue weighted by Crippen LogP contribution is -2.11. The van der Waals surface area contributed by atoms with Gasteiger partial charge in [0.15, 0.2) is 0 Å². The Hall–Kier alpha value is -4.28. The summed E-state index contributed by atoms with van der Waals surface area (Å²) in [5.74, 6) is -1.19. The molecule has 31 heavy (non-hydrogen) atoms. The van der Waals surface area contributed by atoms with Crippen LogP contribution in [0.25, 0.3) is 17.0 Å². The van der Waals surface area contributed by atoms with Crippen LogP contribution in [0.2, 0.25) is 0 Å². The minimum atomic E-state index is -1.12. The van der Waals surface area contributed by atoms with Gasteiger partial charge in [0, 0.05) is 6.54 Å². The van der Waals surface area contributed by atoms with Crippen molar-refractivity contribution in [1.82, 2.24) is 24.5 Å². The molecular formula is C20H17FN6O4. The number of carboxylic acids is 1. The van der Waals surface area contributed by atoms with Gasteiger partial charge in [-0.05, 0) is 29.8 Å². The number of hydrogen-bond acceptors (Lipinski definition) is 8. The SMILES string of the molecule is COc1nc(NCc2cccc(F)c2)nc(-n2c(OC)nc3c(C(=O)O)cccc32)n1. The smallest absolute Gasteiger partial charge is 0.337 e. The highest BCUT2D eigenvalue weighted by atomic mass is 19.1. The highest BCUT2D eigenvalue weighted by Gasteiger charge is 2.21. The molecule has 0 bridgehead atoms. The van der Waals surface area contributed by atoms with Gasteiger partial charge in [-0.2, -0.15) is 19.9 Å². The number of halogens is 1.